The summed E-state index contributed by atoms with van der Waals surface area (Å²) < 4.78 is 15.0. The lowest BCUT2D eigenvalue weighted by Crippen LogP contribution is -2.14. The Morgan fingerprint density at radius 3 is 2.56 bits per heavy atom. The summed E-state index contributed by atoms with van der Waals surface area (Å²) in [5.41, 5.74) is 4.30. The van der Waals surface area contributed by atoms with Gasteiger partial charge in [-0.15, -0.1) is 11.3 Å². The average molecular weight is 391 g/mol. The van der Waals surface area contributed by atoms with Gasteiger partial charge in [0.05, 0.1) is 31.5 Å². The zero-order valence-electron chi connectivity index (χ0n) is 15.1. The summed E-state index contributed by atoms with van der Waals surface area (Å²) >= 11 is 1.35. The Kier molecular flexibility index (Phi) is 8.24. The highest BCUT2D eigenvalue weighted by molar-refractivity contribution is 7.13. The molecule has 0 radical (unpaired) electrons. The highest BCUT2D eigenvalue weighted by Gasteiger charge is 2.08. The molecule has 0 atom stereocenters. The Morgan fingerprint density at radius 2 is 1.85 bits per heavy atom. The van der Waals surface area contributed by atoms with Crippen LogP contribution in [0.15, 0.2) is 34.7 Å². The third-order valence-corrected chi connectivity index (χ3v) is 3.89. The van der Waals surface area contributed by atoms with Crippen molar-refractivity contribution in [3.63, 3.8) is 0 Å². The zero-order valence-corrected chi connectivity index (χ0v) is 16.0. The molecule has 2 rings (SSSR count). The van der Waals surface area contributed by atoms with E-state index in [-0.39, 0.29) is 19.0 Å². The minimum absolute atomic E-state index is 0.124. The fourth-order valence-corrected chi connectivity index (χ4v) is 2.62. The molecule has 0 saturated carbocycles. The number of carbonyl (C=O) groups excluding carboxylic acids is 2. The maximum absolute atomic E-state index is 11.4. The summed E-state index contributed by atoms with van der Waals surface area (Å²) in [6.45, 7) is 4.06. The molecule has 0 fully saturated rings. The summed E-state index contributed by atoms with van der Waals surface area (Å²) in [6.07, 6.45) is 1.77. The van der Waals surface area contributed by atoms with Crippen LogP contribution in [0.3, 0.4) is 0 Å². The molecule has 1 N–H and O–H groups in total. The van der Waals surface area contributed by atoms with Crippen LogP contribution in [-0.4, -0.2) is 43.0 Å². The Labute approximate surface area is 161 Å². The molecule has 27 heavy (non-hydrogen) atoms. The van der Waals surface area contributed by atoms with E-state index in [2.05, 4.69) is 15.5 Å². The molecule has 0 aliphatic rings. The monoisotopic (exact) mass is 391 g/mol. The van der Waals surface area contributed by atoms with Gasteiger partial charge in [0.25, 0.3) is 0 Å². The van der Waals surface area contributed by atoms with Crippen LogP contribution >= 0.6 is 11.3 Å². The van der Waals surface area contributed by atoms with Crippen LogP contribution in [0, 0.1) is 0 Å². The Hall–Kier alpha value is -2.94. The maximum atomic E-state index is 11.4. The Morgan fingerprint density at radius 1 is 1.15 bits per heavy atom. The quantitative estimate of drug-likeness (QED) is 0.378. The van der Waals surface area contributed by atoms with Crippen LogP contribution in [0.4, 0.5) is 5.13 Å². The predicted octanol–water partition coefficient (Wildman–Crippen LogP) is 2.64. The van der Waals surface area contributed by atoms with Gasteiger partial charge in [-0.25, -0.2) is 9.78 Å². The molecule has 0 aliphatic carbocycles. The van der Waals surface area contributed by atoms with Crippen molar-refractivity contribution in [3.8, 4) is 5.75 Å². The first-order valence-electron chi connectivity index (χ1n) is 8.38. The van der Waals surface area contributed by atoms with Crippen molar-refractivity contribution in [2.75, 3.05) is 25.2 Å². The van der Waals surface area contributed by atoms with Crippen molar-refractivity contribution in [1.29, 1.82) is 0 Å². The molecule has 8 nitrogen and oxygen atoms in total. The molecule has 0 unspecified atom stereocenters. The van der Waals surface area contributed by atoms with Gasteiger partial charge in [-0.3, -0.25) is 10.2 Å². The first kappa shape index (κ1) is 20.4. The van der Waals surface area contributed by atoms with E-state index in [0.29, 0.717) is 29.8 Å². The van der Waals surface area contributed by atoms with Crippen LogP contribution in [0.1, 0.15) is 25.1 Å². The number of nitrogens with one attached hydrogen (secondary N) is 1. The number of hydrogen-bond donors (Lipinski definition) is 1. The molecule has 9 heteroatoms. The second kappa shape index (κ2) is 10.9. The summed E-state index contributed by atoms with van der Waals surface area (Å²) in [6, 6.07) is 7.09. The van der Waals surface area contributed by atoms with Gasteiger partial charge in [-0.1, -0.05) is 0 Å². The number of anilines is 1. The first-order chi connectivity index (χ1) is 13.1. The van der Waals surface area contributed by atoms with E-state index in [4.69, 9.17) is 14.2 Å². The number of aromatic nitrogens is 1. The lowest BCUT2D eigenvalue weighted by molar-refractivity contribution is -0.145. The van der Waals surface area contributed by atoms with Gasteiger partial charge in [0.1, 0.15) is 5.75 Å². The number of carbonyl (C=O) groups is 2. The molecule has 0 spiro atoms. The van der Waals surface area contributed by atoms with E-state index in [1.807, 2.05) is 0 Å². The van der Waals surface area contributed by atoms with Gasteiger partial charge in [0.2, 0.25) is 5.13 Å². The summed E-state index contributed by atoms with van der Waals surface area (Å²) in [5.74, 6) is -0.141. The number of nitrogens with zero attached hydrogens (tertiary/aromatic N) is 2. The highest BCUT2D eigenvalue weighted by Crippen LogP contribution is 2.16. The largest absolute Gasteiger partial charge is 0.482 e. The van der Waals surface area contributed by atoms with E-state index in [9.17, 15) is 9.59 Å². The minimum atomic E-state index is -0.405. The number of hydrazone groups is 1. The molecule has 0 saturated heterocycles. The van der Waals surface area contributed by atoms with Gasteiger partial charge in [-0.05, 0) is 43.7 Å². The van der Waals surface area contributed by atoms with Gasteiger partial charge in [0, 0.05) is 5.38 Å². The molecular formula is C18H21N3O5S. The van der Waals surface area contributed by atoms with Crippen molar-refractivity contribution >= 4 is 34.6 Å². The highest BCUT2D eigenvalue weighted by atomic mass is 32.1. The summed E-state index contributed by atoms with van der Waals surface area (Å²) in [4.78, 5) is 26.9. The van der Waals surface area contributed by atoms with Crippen LogP contribution in [0.5, 0.6) is 5.75 Å². The minimum Gasteiger partial charge on any atom is -0.482 e. The summed E-state index contributed by atoms with van der Waals surface area (Å²) in [5, 5.41) is 6.48. The van der Waals surface area contributed by atoms with Crippen molar-refractivity contribution in [2.45, 2.75) is 20.3 Å². The van der Waals surface area contributed by atoms with Gasteiger partial charge in [0.15, 0.2) is 6.61 Å². The average Bonchev–Trinajstić information content (AvgIpc) is 3.08. The van der Waals surface area contributed by atoms with E-state index in [1.165, 1.54) is 11.3 Å². The van der Waals surface area contributed by atoms with Crippen molar-refractivity contribution in [2.24, 2.45) is 5.10 Å². The predicted molar refractivity (Wildman–Crippen MR) is 102 cm³/mol. The number of hydrogen-bond acceptors (Lipinski definition) is 9. The molecule has 0 aliphatic heterocycles. The molecule has 1 heterocycles. The molecular weight excluding hydrogens is 370 g/mol. The number of esters is 2. The van der Waals surface area contributed by atoms with Crippen LogP contribution in [-0.2, 0) is 25.5 Å². The van der Waals surface area contributed by atoms with Gasteiger partial charge in [-0.2, -0.15) is 5.10 Å². The zero-order chi connectivity index (χ0) is 19.5. The third-order valence-electron chi connectivity index (χ3n) is 3.10. The number of ether oxygens (including phenoxy) is 3. The molecule has 1 aromatic carbocycles. The lowest BCUT2D eigenvalue weighted by atomic mass is 10.2. The van der Waals surface area contributed by atoms with Crippen molar-refractivity contribution < 1.29 is 23.8 Å². The molecule has 2 aromatic rings. The molecule has 1 aromatic heterocycles. The number of rotatable bonds is 10. The number of benzene rings is 1. The van der Waals surface area contributed by atoms with Crippen LogP contribution < -0.4 is 10.2 Å². The van der Waals surface area contributed by atoms with Crippen molar-refractivity contribution in [1.82, 2.24) is 4.98 Å². The standard InChI is InChI=1S/C18H21N3O5S/c1-3-24-16(22)9-14-12-27-18(20-14)21-19-10-13-5-7-15(8-6-13)26-11-17(23)25-4-2/h5-8,10,12H,3-4,9,11H2,1-2H3,(H,20,21). The van der Waals surface area contributed by atoms with E-state index >= 15 is 0 Å². The summed E-state index contributed by atoms with van der Waals surface area (Å²) in [7, 11) is 0. The Bertz CT molecular complexity index is 774. The molecule has 0 amide bonds. The maximum Gasteiger partial charge on any atom is 0.344 e. The normalized spacial score (nSPS) is 10.6. The van der Waals surface area contributed by atoms with Gasteiger partial charge >= 0.3 is 11.9 Å². The fraction of sp³-hybridized carbons (Fsp3) is 0.333. The smallest absolute Gasteiger partial charge is 0.344 e. The van der Waals surface area contributed by atoms with Crippen LogP contribution in [0.2, 0.25) is 0 Å². The lowest BCUT2D eigenvalue weighted by Gasteiger charge is -2.05. The molecule has 144 valence electrons. The van der Waals surface area contributed by atoms with Crippen molar-refractivity contribution in [3.05, 3.63) is 40.9 Å². The van der Waals surface area contributed by atoms with Gasteiger partial charge < -0.3 is 14.2 Å². The Balaban J connectivity index is 1.80. The van der Waals surface area contributed by atoms with E-state index in [1.54, 1.807) is 49.7 Å². The van der Waals surface area contributed by atoms with Crippen LogP contribution in [0.25, 0.3) is 0 Å². The first-order valence-corrected chi connectivity index (χ1v) is 9.26. The SMILES string of the molecule is CCOC(=O)COc1ccc(C=NNc2nc(CC(=O)OCC)cs2)cc1. The second-order valence-electron chi connectivity index (χ2n) is 5.16. The van der Waals surface area contributed by atoms with E-state index in [0.717, 1.165) is 5.56 Å². The fourth-order valence-electron chi connectivity index (χ4n) is 1.96. The topological polar surface area (TPSA) is 99.1 Å². The number of thiazole rings is 1. The third kappa shape index (κ3) is 7.45. The molecule has 0 bridgehead atoms. The van der Waals surface area contributed by atoms with E-state index < -0.39 is 5.97 Å². The second-order valence-corrected chi connectivity index (χ2v) is 6.02.